The van der Waals surface area contributed by atoms with Crippen molar-refractivity contribution in [3.63, 3.8) is 0 Å². The van der Waals surface area contributed by atoms with E-state index in [1.807, 2.05) is 0 Å². The highest BCUT2D eigenvalue weighted by Crippen LogP contribution is 2.13. The molecule has 8 heteroatoms. The van der Waals surface area contributed by atoms with E-state index >= 15 is 0 Å². The minimum absolute atomic E-state index is 0.0497. The summed E-state index contributed by atoms with van der Waals surface area (Å²) < 4.78 is 2.00. The highest BCUT2D eigenvalue weighted by atomic mass is 79.9. The second kappa shape index (κ2) is 6.75. The third-order valence-electron chi connectivity index (χ3n) is 2.81. The Hall–Kier alpha value is -1.83. The molecule has 0 saturated carbocycles. The molecule has 0 aliphatic carbocycles. The lowest BCUT2D eigenvalue weighted by Crippen LogP contribution is -2.46. The number of anilines is 1. The lowest BCUT2D eigenvalue weighted by molar-refractivity contribution is -0.137. The Labute approximate surface area is 130 Å². The Morgan fingerprint density at radius 2 is 2.05 bits per heavy atom. The first-order chi connectivity index (χ1) is 9.60. The minimum atomic E-state index is -0.925. The molecule has 0 saturated heterocycles. The number of carbonyl (C=O) groups is 2. The standard InChI is InChI=1S/C13H18BrN3O4/c1-13(2,5-4-10(18)19)16-12(21)15-9-6-8(14)7-17(3)11(9)20/h6-7H,4-5H2,1-3H3,(H,18,19)(H2,15,16,21). The highest BCUT2D eigenvalue weighted by molar-refractivity contribution is 9.10. The largest absolute Gasteiger partial charge is 0.481 e. The van der Waals surface area contributed by atoms with E-state index < -0.39 is 17.5 Å². The van der Waals surface area contributed by atoms with Gasteiger partial charge in [0.1, 0.15) is 5.69 Å². The smallest absolute Gasteiger partial charge is 0.319 e. The number of urea groups is 1. The van der Waals surface area contributed by atoms with Crippen LogP contribution in [0.1, 0.15) is 26.7 Å². The predicted octanol–water partition coefficient (Wildman–Crippen LogP) is 1.91. The van der Waals surface area contributed by atoms with Crippen molar-refractivity contribution in [1.29, 1.82) is 0 Å². The lowest BCUT2D eigenvalue weighted by Gasteiger charge is -2.25. The molecule has 0 radical (unpaired) electrons. The number of hydrogen-bond acceptors (Lipinski definition) is 3. The van der Waals surface area contributed by atoms with Crippen molar-refractivity contribution < 1.29 is 14.7 Å². The Bertz CT molecular complexity index is 610. The van der Waals surface area contributed by atoms with Gasteiger partial charge in [0.25, 0.3) is 5.56 Å². The summed E-state index contributed by atoms with van der Waals surface area (Å²) >= 11 is 3.24. The number of nitrogens with zero attached hydrogens (tertiary/aromatic N) is 1. The van der Waals surface area contributed by atoms with Gasteiger partial charge < -0.3 is 20.3 Å². The number of halogens is 1. The number of amides is 2. The molecule has 0 aromatic carbocycles. The number of aryl methyl sites for hydroxylation is 1. The van der Waals surface area contributed by atoms with Gasteiger partial charge in [0.2, 0.25) is 0 Å². The number of carboxylic acid groups (broad SMARTS) is 1. The summed E-state index contributed by atoms with van der Waals surface area (Å²) in [4.78, 5) is 34.3. The van der Waals surface area contributed by atoms with Crippen LogP contribution in [0.5, 0.6) is 0 Å². The Morgan fingerprint density at radius 3 is 2.62 bits per heavy atom. The zero-order valence-corrected chi connectivity index (χ0v) is 13.7. The van der Waals surface area contributed by atoms with Crippen molar-refractivity contribution in [3.05, 3.63) is 27.1 Å². The molecule has 0 aliphatic rings. The average Bonchev–Trinajstić information content (AvgIpc) is 2.32. The highest BCUT2D eigenvalue weighted by Gasteiger charge is 2.22. The summed E-state index contributed by atoms with van der Waals surface area (Å²) in [7, 11) is 1.58. The van der Waals surface area contributed by atoms with Crippen LogP contribution < -0.4 is 16.2 Å². The first-order valence-electron chi connectivity index (χ1n) is 6.28. The molecule has 3 N–H and O–H groups in total. The minimum Gasteiger partial charge on any atom is -0.481 e. The summed E-state index contributed by atoms with van der Waals surface area (Å²) in [5, 5.41) is 13.8. The van der Waals surface area contributed by atoms with Crippen LogP contribution in [0.25, 0.3) is 0 Å². The van der Waals surface area contributed by atoms with Crippen molar-refractivity contribution in [3.8, 4) is 0 Å². The van der Waals surface area contributed by atoms with Crippen molar-refractivity contribution >= 4 is 33.6 Å². The normalized spacial score (nSPS) is 11.0. The van der Waals surface area contributed by atoms with Crippen LogP contribution in [0.15, 0.2) is 21.5 Å². The molecular weight excluding hydrogens is 342 g/mol. The number of rotatable bonds is 5. The maximum atomic E-state index is 11.9. The second-order valence-corrected chi connectivity index (χ2v) is 6.26. The Balaban J connectivity index is 2.74. The molecule has 1 aromatic heterocycles. The molecule has 7 nitrogen and oxygen atoms in total. The van der Waals surface area contributed by atoms with Gasteiger partial charge in [-0.25, -0.2) is 4.79 Å². The Morgan fingerprint density at radius 1 is 1.43 bits per heavy atom. The molecule has 2 amide bonds. The zero-order valence-electron chi connectivity index (χ0n) is 12.1. The van der Waals surface area contributed by atoms with Gasteiger partial charge in [-0.3, -0.25) is 9.59 Å². The predicted molar refractivity (Wildman–Crippen MR) is 82.5 cm³/mol. The average molecular weight is 360 g/mol. The molecule has 0 bridgehead atoms. The number of aromatic nitrogens is 1. The van der Waals surface area contributed by atoms with Crippen molar-refractivity contribution in [2.75, 3.05) is 5.32 Å². The van der Waals surface area contributed by atoms with Gasteiger partial charge in [-0.05, 0) is 42.3 Å². The van der Waals surface area contributed by atoms with Crippen LogP contribution in [0, 0.1) is 0 Å². The number of hydrogen-bond donors (Lipinski definition) is 3. The summed E-state index contributed by atoms with van der Waals surface area (Å²) in [5.74, 6) is -0.925. The van der Waals surface area contributed by atoms with E-state index in [2.05, 4.69) is 26.6 Å². The fraction of sp³-hybridized carbons (Fsp3) is 0.462. The molecule has 1 rings (SSSR count). The number of carboxylic acids is 1. The van der Waals surface area contributed by atoms with E-state index in [1.54, 1.807) is 27.1 Å². The SMILES string of the molecule is Cn1cc(Br)cc(NC(=O)NC(C)(C)CCC(=O)O)c1=O. The number of carbonyl (C=O) groups excluding carboxylic acids is 1. The van der Waals surface area contributed by atoms with E-state index in [0.29, 0.717) is 4.47 Å². The van der Waals surface area contributed by atoms with E-state index in [1.165, 1.54) is 10.6 Å². The quantitative estimate of drug-likeness (QED) is 0.747. The third kappa shape index (κ3) is 5.58. The van der Waals surface area contributed by atoms with Gasteiger partial charge in [-0.1, -0.05) is 0 Å². The van der Waals surface area contributed by atoms with Gasteiger partial charge in [0.15, 0.2) is 0 Å². The summed E-state index contributed by atoms with van der Waals surface area (Å²) in [5.41, 5.74) is -0.894. The molecule has 116 valence electrons. The molecule has 0 spiro atoms. The van der Waals surface area contributed by atoms with Crippen LogP contribution in [-0.2, 0) is 11.8 Å². The molecule has 21 heavy (non-hydrogen) atoms. The van der Waals surface area contributed by atoms with Crippen LogP contribution in [0.4, 0.5) is 10.5 Å². The molecule has 1 aromatic rings. The summed E-state index contributed by atoms with van der Waals surface area (Å²) in [6.07, 6.45) is 1.82. The first-order valence-corrected chi connectivity index (χ1v) is 7.07. The first kappa shape index (κ1) is 17.2. The number of pyridine rings is 1. The zero-order chi connectivity index (χ0) is 16.2. The van der Waals surface area contributed by atoms with Crippen LogP contribution >= 0.6 is 15.9 Å². The molecule has 0 fully saturated rings. The topological polar surface area (TPSA) is 100 Å². The van der Waals surface area contributed by atoms with E-state index in [0.717, 1.165) is 0 Å². The Kier molecular flexibility index (Phi) is 5.54. The van der Waals surface area contributed by atoms with Gasteiger partial charge in [-0.2, -0.15) is 0 Å². The number of nitrogens with one attached hydrogen (secondary N) is 2. The van der Waals surface area contributed by atoms with Gasteiger partial charge in [-0.15, -0.1) is 0 Å². The number of aliphatic carboxylic acids is 1. The monoisotopic (exact) mass is 359 g/mol. The van der Waals surface area contributed by atoms with Crippen molar-refractivity contribution in [1.82, 2.24) is 9.88 Å². The summed E-state index contributed by atoms with van der Waals surface area (Å²) in [6.45, 7) is 3.43. The molecule has 0 atom stereocenters. The van der Waals surface area contributed by atoms with E-state index in [4.69, 9.17) is 5.11 Å². The van der Waals surface area contributed by atoms with E-state index in [-0.39, 0.29) is 24.1 Å². The van der Waals surface area contributed by atoms with Crippen LogP contribution in [0.3, 0.4) is 0 Å². The van der Waals surface area contributed by atoms with Crippen molar-refractivity contribution in [2.45, 2.75) is 32.2 Å². The van der Waals surface area contributed by atoms with Crippen molar-refractivity contribution in [2.24, 2.45) is 7.05 Å². The van der Waals surface area contributed by atoms with Crippen LogP contribution in [0.2, 0.25) is 0 Å². The molecular formula is C13H18BrN3O4. The molecule has 0 unspecified atom stereocenters. The van der Waals surface area contributed by atoms with Crippen LogP contribution in [-0.4, -0.2) is 27.2 Å². The van der Waals surface area contributed by atoms with E-state index in [9.17, 15) is 14.4 Å². The van der Waals surface area contributed by atoms with Gasteiger partial charge in [0.05, 0.1) is 0 Å². The maximum Gasteiger partial charge on any atom is 0.319 e. The lowest BCUT2D eigenvalue weighted by atomic mass is 9.99. The second-order valence-electron chi connectivity index (χ2n) is 5.34. The molecule has 1 heterocycles. The maximum absolute atomic E-state index is 11.9. The third-order valence-corrected chi connectivity index (χ3v) is 3.25. The van der Waals surface area contributed by atoms with Gasteiger partial charge >= 0.3 is 12.0 Å². The fourth-order valence-electron chi connectivity index (χ4n) is 1.70. The van der Waals surface area contributed by atoms with Gasteiger partial charge in [0, 0.05) is 29.7 Å². The fourth-order valence-corrected chi connectivity index (χ4v) is 2.24. The molecule has 0 aliphatic heterocycles. The summed E-state index contributed by atoms with van der Waals surface area (Å²) in [6, 6.07) is 0.951.